The van der Waals surface area contributed by atoms with Gasteiger partial charge in [-0.05, 0) is 25.0 Å². The summed E-state index contributed by atoms with van der Waals surface area (Å²) in [6, 6.07) is 3.99. The third-order valence-electron chi connectivity index (χ3n) is 3.57. The van der Waals surface area contributed by atoms with E-state index in [1.54, 1.807) is 0 Å². The van der Waals surface area contributed by atoms with Crippen LogP contribution in [0.1, 0.15) is 19.3 Å². The average molecular weight is 284 g/mol. The molecule has 0 spiro atoms. The van der Waals surface area contributed by atoms with E-state index < -0.39 is 6.29 Å². The highest BCUT2D eigenvalue weighted by molar-refractivity contribution is 5.93. The number of amides is 1. The molecule has 1 amide bonds. The van der Waals surface area contributed by atoms with Gasteiger partial charge in [-0.15, -0.1) is 8.78 Å². The van der Waals surface area contributed by atoms with Crippen LogP contribution in [0.4, 0.5) is 14.5 Å². The van der Waals surface area contributed by atoms with E-state index in [0.29, 0.717) is 5.69 Å². The summed E-state index contributed by atoms with van der Waals surface area (Å²) in [5, 5.41) is 2.67. The van der Waals surface area contributed by atoms with Gasteiger partial charge in [0.1, 0.15) is 0 Å². The quantitative estimate of drug-likeness (QED) is 0.872. The molecule has 1 saturated carbocycles. The molecular formula is C13H14F2N2O3. The lowest BCUT2D eigenvalue weighted by Gasteiger charge is -2.15. The Bertz CT molecular complexity index is 550. The first-order valence-corrected chi connectivity index (χ1v) is 6.41. The van der Waals surface area contributed by atoms with E-state index in [9.17, 15) is 13.6 Å². The molecule has 1 heterocycles. The van der Waals surface area contributed by atoms with Crippen molar-refractivity contribution in [3.63, 3.8) is 0 Å². The van der Waals surface area contributed by atoms with Gasteiger partial charge < -0.3 is 20.5 Å². The van der Waals surface area contributed by atoms with Gasteiger partial charge in [-0.1, -0.05) is 6.42 Å². The second-order valence-corrected chi connectivity index (χ2v) is 5.02. The minimum absolute atomic E-state index is 0.0504. The zero-order chi connectivity index (χ0) is 14.3. The van der Waals surface area contributed by atoms with Crippen LogP contribution < -0.4 is 20.5 Å². The second kappa shape index (κ2) is 4.59. The maximum atomic E-state index is 12.9. The van der Waals surface area contributed by atoms with E-state index in [1.165, 1.54) is 18.2 Å². The summed E-state index contributed by atoms with van der Waals surface area (Å²) in [6.07, 6.45) is -1.16. The maximum Gasteiger partial charge on any atom is 0.586 e. The van der Waals surface area contributed by atoms with Crippen molar-refractivity contribution in [1.82, 2.24) is 0 Å². The molecule has 1 fully saturated rings. The number of hydrogen-bond acceptors (Lipinski definition) is 4. The van der Waals surface area contributed by atoms with Crippen LogP contribution >= 0.6 is 0 Å². The van der Waals surface area contributed by atoms with Gasteiger partial charge in [0, 0.05) is 17.8 Å². The molecule has 2 unspecified atom stereocenters. The van der Waals surface area contributed by atoms with Crippen molar-refractivity contribution < 1.29 is 23.0 Å². The number of halogens is 2. The summed E-state index contributed by atoms with van der Waals surface area (Å²) in [5.41, 5.74) is 6.24. The number of fused-ring (bicyclic) bond motifs is 1. The molecule has 1 aromatic carbocycles. The fourth-order valence-corrected chi connectivity index (χ4v) is 2.58. The fraction of sp³-hybridized carbons (Fsp3) is 0.462. The Balaban J connectivity index is 1.72. The first-order valence-electron chi connectivity index (χ1n) is 6.41. The lowest BCUT2D eigenvalue weighted by Crippen LogP contribution is -2.34. The number of nitrogens with one attached hydrogen (secondary N) is 1. The molecule has 0 saturated heterocycles. The van der Waals surface area contributed by atoms with Crippen molar-refractivity contribution in [2.24, 2.45) is 11.7 Å². The van der Waals surface area contributed by atoms with Gasteiger partial charge in [0.25, 0.3) is 0 Å². The minimum Gasteiger partial charge on any atom is -0.395 e. The highest BCUT2D eigenvalue weighted by atomic mass is 19.3. The van der Waals surface area contributed by atoms with Crippen LogP contribution in [0.2, 0.25) is 0 Å². The van der Waals surface area contributed by atoms with Crippen LogP contribution in [-0.2, 0) is 4.79 Å². The van der Waals surface area contributed by atoms with Gasteiger partial charge >= 0.3 is 6.29 Å². The van der Waals surface area contributed by atoms with E-state index in [2.05, 4.69) is 14.8 Å². The molecular weight excluding hydrogens is 270 g/mol. The number of ether oxygens (including phenoxy) is 2. The standard InChI is InChI=1S/C13H14F2N2O3/c14-13(15)19-10-5-4-7(6-11(10)20-13)17-12(18)8-2-1-3-9(8)16/h4-6,8-9H,1-3,16H2,(H,17,18). The Kier molecular flexibility index (Phi) is 3.01. The number of benzene rings is 1. The summed E-state index contributed by atoms with van der Waals surface area (Å²) in [4.78, 5) is 12.0. The Morgan fingerprint density at radius 3 is 2.75 bits per heavy atom. The van der Waals surface area contributed by atoms with Gasteiger partial charge in [-0.3, -0.25) is 4.79 Å². The number of hydrogen-bond donors (Lipinski definition) is 2. The molecule has 1 aromatic rings. The highest BCUT2D eigenvalue weighted by Gasteiger charge is 2.43. The van der Waals surface area contributed by atoms with Crippen molar-refractivity contribution in [3.8, 4) is 11.5 Å². The predicted molar refractivity (Wildman–Crippen MR) is 66.6 cm³/mol. The number of nitrogens with two attached hydrogens (primary N) is 1. The van der Waals surface area contributed by atoms with Crippen molar-refractivity contribution >= 4 is 11.6 Å². The third-order valence-corrected chi connectivity index (χ3v) is 3.57. The first-order chi connectivity index (χ1) is 9.44. The molecule has 3 rings (SSSR count). The molecule has 0 radical (unpaired) electrons. The molecule has 5 nitrogen and oxygen atoms in total. The van der Waals surface area contributed by atoms with Gasteiger partial charge in [0.05, 0.1) is 5.92 Å². The van der Waals surface area contributed by atoms with E-state index in [-0.39, 0.29) is 29.4 Å². The molecule has 7 heteroatoms. The maximum absolute atomic E-state index is 12.9. The molecule has 20 heavy (non-hydrogen) atoms. The van der Waals surface area contributed by atoms with Crippen LogP contribution in [0.15, 0.2) is 18.2 Å². The zero-order valence-electron chi connectivity index (χ0n) is 10.6. The monoisotopic (exact) mass is 284 g/mol. The second-order valence-electron chi connectivity index (χ2n) is 5.02. The fourth-order valence-electron chi connectivity index (χ4n) is 2.58. The Labute approximate surface area is 114 Å². The Hall–Kier alpha value is -1.89. The topological polar surface area (TPSA) is 73.6 Å². The van der Waals surface area contributed by atoms with Crippen molar-refractivity contribution in [2.75, 3.05) is 5.32 Å². The van der Waals surface area contributed by atoms with Crippen LogP contribution in [0, 0.1) is 5.92 Å². The Morgan fingerprint density at radius 2 is 2.05 bits per heavy atom. The molecule has 0 bridgehead atoms. The molecule has 1 aliphatic carbocycles. The largest absolute Gasteiger partial charge is 0.586 e. The lowest BCUT2D eigenvalue weighted by molar-refractivity contribution is -0.286. The van der Waals surface area contributed by atoms with Crippen LogP contribution in [0.25, 0.3) is 0 Å². The van der Waals surface area contributed by atoms with Crippen LogP contribution in [-0.4, -0.2) is 18.2 Å². The Morgan fingerprint density at radius 1 is 1.30 bits per heavy atom. The minimum atomic E-state index is -3.65. The van der Waals surface area contributed by atoms with E-state index in [4.69, 9.17) is 5.73 Å². The number of carbonyl (C=O) groups excluding carboxylic acids is 1. The summed E-state index contributed by atoms with van der Waals surface area (Å²) in [6.45, 7) is 0. The van der Waals surface area contributed by atoms with Crippen molar-refractivity contribution in [3.05, 3.63) is 18.2 Å². The lowest BCUT2D eigenvalue weighted by atomic mass is 10.0. The van der Waals surface area contributed by atoms with Crippen molar-refractivity contribution in [2.45, 2.75) is 31.6 Å². The summed E-state index contributed by atoms with van der Waals surface area (Å²) >= 11 is 0. The zero-order valence-corrected chi connectivity index (χ0v) is 10.6. The summed E-state index contributed by atoms with van der Waals surface area (Å²) < 4.78 is 34.4. The van der Waals surface area contributed by atoms with E-state index >= 15 is 0 Å². The van der Waals surface area contributed by atoms with Gasteiger partial charge in [0.15, 0.2) is 11.5 Å². The van der Waals surface area contributed by atoms with E-state index in [0.717, 1.165) is 19.3 Å². The number of anilines is 1. The smallest absolute Gasteiger partial charge is 0.395 e. The molecule has 2 aliphatic rings. The van der Waals surface area contributed by atoms with Gasteiger partial charge in [0.2, 0.25) is 5.91 Å². The first kappa shape index (κ1) is 13.1. The normalized spacial score (nSPS) is 26.6. The molecule has 108 valence electrons. The molecule has 1 aliphatic heterocycles. The number of carbonyl (C=O) groups is 1. The summed E-state index contributed by atoms with van der Waals surface area (Å²) in [7, 11) is 0. The van der Waals surface area contributed by atoms with Crippen LogP contribution in [0.5, 0.6) is 11.5 Å². The van der Waals surface area contributed by atoms with E-state index in [1.807, 2.05) is 0 Å². The van der Waals surface area contributed by atoms with Crippen molar-refractivity contribution in [1.29, 1.82) is 0 Å². The van der Waals surface area contributed by atoms with Gasteiger partial charge in [-0.2, -0.15) is 0 Å². The summed E-state index contributed by atoms with van der Waals surface area (Å²) in [5.74, 6) is -0.573. The average Bonchev–Trinajstić information content (AvgIpc) is 2.90. The number of alkyl halides is 2. The third kappa shape index (κ3) is 2.40. The SMILES string of the molecule is NC1CCCC1C(=O)Nc1ccc2c(c1)OC(F)(F)O2. The molecule has 0 aromatic heterocycles. The highest BCUT2D eigenvalue weighted by Crippen LogP contribution is 2.42. The predicted octanol–water partition coefficient (Wildman–Crippen LogP) is 2.07. The molecule has 3 N–H and O–H groups in total. The molecule has 2 atom stereocenters. The van der Waals surface area contributed by atoms with Crippen LogP contribution in [0.3, 0.4) is 0 Å². The number of rotatable bonds is 2. The van der Waals surface area contributed by atoms with Gasteiger partial charge in [-0.25, -0.2) is 0 Å².